The second-order valence-corrected chi connectivity index (χ2v) is 4.13. The molecule has 0 saturated heterocycles. The number of ether oxygens (including phenoxy) is 2. The summed E-state index contributed by atoms with van der Waals surface area (Å²) in [7, 11) is 1.93. The summed E-state index contributed by atoms with van der Waals surface area (Å²) in [5, 5.41) is 0. The van der Waals surface area contributed by atoms with Crippen LogP contribution in [0.2, 0.25) is 0 Å². The molecular formula is C14H19N3O2. The van der Waals surface area contributed by atoms with Crippen LogP contribution in [0.5, 0.6) is 11.5 Å². The molecule has 1 heterocycles. The highest BCUT2D eigenvalue weighted by Crippen LogP contribution is 2.27. The summed E-state index contributed by atoms with van der Waals surface area (Å²) in [5.41, 5.74) is 6.43. The third-order valence-corrected chi connectivity index (χ3v) is 2.74. The van der Waals surface area contributed by atoms with Crippen molar-refractivity contribution >= 4 is 0 Å². The van der Waals surface area contributed by atoms with Crippen LogP contribution in [-0.2, 0) is 20.2 Å². The van der Waals surface area contributed by atoms with Crippen molar-refractivity contribution in [3.05, 3.63) is 42.0 Å². The largest absolute Gasteiger partial charge is 0.490 e. The molecule has 2 aromatic rings. The third kappa shape index (κ3) is 3.26. The number of hydrogen-bond donors (Lipinski definition) is 1. The summed E-state index contributed by atoms with van der Waals surface area (Å²) in [5.74, 6) is 2.31. The number of hydrogen-bond acceptors (Lipinski definition) is 4. The van der Waals surface area contributed by atoms with Gasteiger partial charge in [0.1, 0.15) is 12.4 Å². The van der Waals surface area contributed by atoms with Gasteiger partial charge < -0.3 is 19.8 Å². The van der Waals surface area contributed by atoms with E-state index in [-0.39, 0.29) is 0 Å². The van der Waals surface area contributed by atoms with E-state index in [1.54, 1.807) is 0 Å². The van der Waals surface area contributed by atoms with Gasteiger partial charge in [-0.25, -0.2) is 4.98 Å². The predicted molar refractivity (Wildman–Crippen MR) is 73.0 cm³/mol. The fourth-order valence-electron chi connectivity index (χ4n) is 1.79. The Bertz CT molecular complexity index is 537. The number of benzene rings is 1. The first-order valence-electron chi connectivity index (χ1n) is 6.30. The number of aromatic nitrogens is 2. The van der Waals surface area contributed by atoms with Crippen molar-refractivity contribution in [1.82, 2.24) is 9.55 Å². The molecule has 0 aliphatic carbocycles. The van der Waals surface area contributed by atoms with E-state index in [2.05, 4.69) is 4.98 Å². The van der Waals surface area contributed by atoms with Crippen molar-refractivity contribution in [2.24, 2.45) is 12.8 Å². The number of aryl methyl sites for hydroxylation is 1. The van der Waals surface area contributed by atoms with Gasteiger partial charge in [0.05, 0.1) is 12.3 Å². The number of para-hydroxylation sites is 2. The monoisotopic (exact) mass is 261 g/mol. The van der Waals surface area contributed by atoms with Gasteiger partial charge in [0, 0.05) is 19.8 Å². The molecule has 2 N–H and O–H groups in total. The minimum Gasteiger partial charge on any atom is -0.490 e. The van der Waals surface area contributed by atoms with E-state index in [0.717, 1.165) is 23.0 Å². The van der Waals surface area contributed by atoms with Crippen molar-refractivity contribution in [3.63, 3.8) is 0 Å². The summed E-state index contributed by atoms with van der Waals surface area (Å²) in [4.78, 5) is 4.39. The third-order valence-electron chi connectivity index (χ3n) is 2.74. The fourth-order valence-corrected chi connectivity index (χ4v) is 1.79. The van der Waals surface area contributed by atoms with E-state index in [4.69, 9.17) is 15.2 Å². The maximum absolute atomic E-state index is 5.77. The Kier molecular flexibility index (Phi) is 4.41. The van der Waals surface area contributed by atoms with Gasteiger partial charge in [-0.2, -0.15) is 0 Å². The second kappa shape index (κ2) is 6.24. The molecule has 102 valence electrons. The lowest BCUT2D eigenvalue weighted by atomic mass is 10.3. The molecule has 0 bridgehead atoms. The fraction of sp³-hybridized carbons (Fsp3) is 0.357. The Morgan fingerprint density at radius 2 is 1.89 bits per heavy atom. The Morgan fingerprint density at radius 3 is 2.47 bits per heavy atom. The van der Waals surface area contributed by atoms with Crippen LogP contribution >= 0.6 is 0 Å². The molecule has 5 heteroatoms. The molecule has 0 radical (unpaired) electrons. The van der Waals surface area contributed by atoms with Crippen LogP contribution < -0.4 is 15.2 Å². The standard InChI is InChI=1S/C14H19N3O2/c1-3-18-12-6-4-5-7-13(12)19-10-14-16-11(8-15)9-17(14)2/h4-7,9H,3,8,10,15H2,1-2H3. The average Bonchev–Trinajstić information content (AvgIpc) is 2.79. The molecule has 0 spiro atoms. The van der Waals surface area contributed by atoms with E-state index in [1.807, 2.05) is 49.0 Å². The zero-order valence-electron chi connectivity index (χ0n) is 11.3. The van der Waals surface area contributed by atoms with Crippen molar-refractivity contribution in [1.29, 1.82) is 0 Å². The van der Waals surface area contributed by atoms with E-state index in [0.29, 0.717) is 19.8 Å². The summed E-state index contributed by atoms with van der Waals surface area (Å²) in [6, 6.07) is 7.62. The Hall–Kier alpha value is -2.01. The van der Waals surface area contributed by atoms with Gasteiger partial charge in [0.25, 0.3) is 0 Å². The normalized spacial score (nSPS) is 10.5. The Balaban J connectivity index is 2.07. The maximum Gasteiger partial charge on any atom is 0.161 e. The minimum absolute atomic E-state index is 0.389. The Morgan fingerprint density at radius 1 is 1.21 bits per heavy atom. The molecule has 0 unspecified atom stereocenters. The van der Waals surface area contributed by atoms with Gasteiger partial charge >= 0.3 is 0 Å². The topological polar surface area (TPSA) is 62.3 Å². The first-order valence-corrected chi connectivity index (χ1v) is 6.30. The smallest absolute Gasteiger partial charge is 0.161 e. The van der Waals surface area contributed by atoms with Gasteiger partial charge in [0.2, 0.25) is 0 Å². The van der Waals surface area contributed by atoms with Crippen molar-refractivity contribution in [2.75, 3.05) is 6.61 Å². The minimum atomic E-state index is 0.389. The molecule has 2 rings (SSSR count). The second-order valence-electron chi connectivity index (χ2n) is 4.13. The van der Waals surface area contributed by atoms with Crippen molar-refractivity contribution in [3.8, 4) is 11.5 Å². The molecule has 5 nitrogen and oxygen atoms in total. The van der Waals surface area contributed by atoms with Gasteiger partial charge in [-0.15, -0.1) is 0 Å². The van der Waals surface area contributed by atoms with Crippen LogP contribution in [0.15, 0.2) is 30.5 Å². The number of nitrogens with zero attached hydrogens (tertiary/aromatic N) is 2. The zero-order chi connectivity index (χ0) is 13.7. The molecule has 0 atom stereocenters. The molecule has 0 aliphatic heterocycles. The molecule has 0 fully saturated rings. The SMILES string of the molecule is CCOc1ccccc1OCc1nc(CN)cn1C. The summed E-state index contributed by atoms with van der Waals surface area (Å²) >= 11 is 0. The van der Waals surface area contributed by atoms with Gasteiger partial charge in [-0.3, -0.25) is 0 Å². The van der Waals surface area contributed by atoms with E-state index in [9.17, 15) is 0 Å². The highest BCUT2D eigenvalue weighted by atomic mass is 16.5. The molecule has 0 aliphatic rings. The van der Waals surface area contributed by atoms with Gasteiger partial charge in [-0.05, 0) is 19.1 Å². The van der Waals surface area contributed by atoms with Crippen LogP contribution in [0.25, 0.3) is 0 Å². The Labute approximate surface area is 113 Å². The predicted octanol–water partition coefficient (Wildman–Crippen LogP) is 1.86. The van der Waals surface area contributed by atoms with E-state index >= 15 is 0 Å². The number of rotatable bonds is 6. The quantitative estimate of drug-likeness (QED) is 0.862. The molecule has 19 heavy (non-hydrogen) atoms. The van der Waals surface area contributed by atoms with E-state index < -0.39 is 0 Å². The zero-order valence-corrected chi connectivity index (χ0v) is 11.3. The number of imidazole rings is 1. The number of nitrogens with two attached hydrogens (primary N) is 1. The summed E-state index contributed by atoms with van der Waals surface area (Å²) in [6.45, 7) is 3.38. The van der Waals surface area contributed by atoms with Crippen LogP contribution in [0.1, 0.15) is 18.4 Å². The molecule has 1 aromatic carbocycles. The molecule has 0 saturated carbocycles. The van der Waals surface area contributed by atoms with Gasteiger partial charge in [-0.1, -0.05) is 12.1 Å². The first-order chi connectivity index (χ1) is 9.24. The van der Waals surface area contributed by atoms with Crippen LogP contribution in [0.4, 0.5) is 0 Å². The van der Waals surface area contributed by atoms with Crippen LogP contribution in [0, 0.1) is 0 Å². The van der Waals surface area contributed by atoms with Crippen molar-refractivity contribution in [2.45, 2.75) is 20.1 Å². The highest BCUT2D eigenvalue weighted by Gasteiger charge is 2.08. The van der Waals surface area contributed by atoms with E-state index in [1.165, 1.54) is 0 Å². The van der Waals surface area contributed by atoms with Crippen molar-refractivity contribution < 1.29 is 9.47 Å². The highest BCUT2D eigenvalue weighted by molar-refractivity contribution is 5.39. The molecular weight excluding hydrogens is 242 g/mol. The maximum atomic E-state index is 5.77. The summed E-state index contributed by atoms with van der Waals surface area (Å²) < 4.78 is 13.2. The van der Waals surface area contributed by atoms with Gasteiger partial charge in [0.15, 0.2) is 11.5 Å². The lowest BCUT2D eigenvalue weighted by Crippen LogP contribution is -2.04. The lowest BCUT2D eigenvalue weighted by molar-refractivity contribution is 0.260. The summed E-state index contributed by atoms with van der Waals surface area (Å²) in [6.07, 6.45) is 1.91. The first kappa shape index (κ1) is 13.4. The molecule has 0 amide bonds. The average molecular weight is 261 g/mol. The lowest BCUT2D eigenvalue weighted by Gasteiger charge is -2.11. The van der Waals surface area contributed by atoms with Crippen LogP contribution in [-0.4, -0.2) is 16.2 Å². The van der Waals surface area contributed by atoms with Crippen LogP contribution in [0.3, 0.4) is 0 Å². The molecule has 1 aromatic heterocycles.